The number of amides is 1. The van der Waals surface area contributed by atoms with Gasteiger partial charge in [-0.2, -0.15) is 0 Å². The molecule has 36 heavy (non-hydrogen) atoms. The highest BCUT2D eigenvalue weighted by atomic mass is 32.1. The van der Waals surface area contributed by atoms with Crippen molar-refractivity contribution in [1.29, 1.82) is 0 Å². The summed E-state index contributed by atoms with van der Waals surface area (Å²) in [6.45, 7) is 3.27. The molecule has 0 unspecified atom stereocenters. The predicted molar refractivity (Wildman–Crippen MR) is 135 cm³/mol. The number of aromatic nitrogens is 2. The van der Waals surface area contributed by atoms with Crippen molar-refractivity contribution >= 4 is 40.5 Å². The van der Waals surface area contributed by atoms with Gasteiger partial charge in [-0.25, -0.2) is 4.79 Å². The van der Waals surface area contributed by atoms with Crippen LogP contribution in [0.1, 0.15) is 40.2 Å². The van der Waals surface area contributed by atoms with Crippen molar-refractivity contribution in [2.45, 2.75) is 32.4 Å². The number of aryl methyl sites for hydroxylation is 1. The maximum Gasteiger partial charge on any atom is 0.332 e. The lowest BCUT2D eigenvalue weighted by Gasteiger charge is -2.27. The average Bonchev–Trinajstić information content (AvgIpc) is 3.50. The zero-order chi connectivity index (χ0) is 26.3. The van der Waals surface area contributed by atoms with Crippen molar-refractivity contribution in [3.63, 3.8) is 0 Å². The number of hydrogen-bond donors (Lipinski definition) is 1. The van der Waals surface area contributed by atoms with Crippen LogP contribution in [0, 0.1) is 12.8 Å². The van der Waals surface area contributed by atoms with Crippen molar-refractivity contribution in [2.24, 2.45) is 20.0 Å². The lowest BCUT2D eigenvalue weighted by atomic mass is 9.98. The first kappa shape index (κ1) is 25.1. The minimum absolute atomic E-state index is 0.0973. The number of ether oxygens (including phenoxy) is 1. The number of ketones is 1. The first-order valence-electron chi connectivity index (χ1n) is 11.2. The quantitative estimate of drug-likeness (QED) is 0.396. The first-order valence-corrected chi connectivity index (χ1v) is 12.1. The molecule has 3 aromatic rings. The van der Waals surface area contributed by atoms with E-state index >= 15 is 0 Å². The van der Waals surface area contributed by atoms with Crippen LogP contribution in [0.15, 0.2) is 51.4 Å². The van der Waals surface area contributed by atoms with E-state index in [0.29, 0.717) is 5.69 Å². The van der Waals surface area contributed by atoms with Gasteiger partial charge in [-0.05, 0) is 37.4 Å². The highest BCUT2D eigenvalue weighted by Crippen LogP contribution is 2.43. The summed E-state index contributed by atoms with van der Waals surface area (Å²) in [6.07, 6.45) is -1.46. The van der Waals surface area contributed by atoms with Gasteiger partial charge in [-0.1, -0.05) is 23.8 Å². The van der Waals surface area contributed by atoms with Gasteiger partial charge in [0.05, 0.1) is 12.0 Å². The second-order valence-corrected chi connectivity index (χ2v) is 9.76. The van der Waals surface area contributed by atoms with Crippen LogP contribution in [-0.2, 0) is 28.4 Å². The molecule has 0 saturated carbocycles. The SMILES string of the molecule is Cc1ccc(N2C(=O)C[C@@H](C(=O)O[C@@H](C)C(=O)c3c(N)n(C)c(=O)n(C)c3=O)[C@@H]2c2cccs2)cc1. The largest absolute Gasteiger partial charge is 0.454 e. The van der Waals surface area contributed by atoms with Gasteiger partial charge in [0.25, 0.3) is 5.56 Å². The van der Waals surface area contributed by atoms with Crippen LogP contribution in [0.5, 0.6) is 0 Å². The van der Waals surface area contributed by atoms with Crippen molar-refractivity contribution in [3.05, 3.63) is 78.6 Å². The fraction of sp³-hybridized carbons (Fsp3) is 0.320. The molecule has 3 heterocycles. The summed E-state index contributed by atoms with van der Waals surface area (Å²) in [6, 6.07) is 10.5. The molecule has 0 spiro atoms. The lowest BCUT2D eigenvalue weighted by Crippen LogP contribution is -2.43. The normalized spacial score (nSPS) is 18.3. The van der Waals surface area contributed by atoms with E-state index in [1.807, 2.05) is 48.7 Å². The minimum Gasteiger partial charge on any atom is -0.454 e. The number of thiophene rings is 1. The van der Waals surface area contributed by atoms with E-state index in [2.05, 4.69) is 0 Å². The molecule has 1 aliphatic rings. The Balaban J connectivity index is 1.64. The third kappa shape index (κ3) is 4.26. The van der Waals surface area contributed by atoms with E-state index < -0.39 is 46.6 Å². The molecule has 1 amide bonds. The molecule has 0 radical (unpaired) electrons. The van der Waals surface area contributed by atoms with E-state index in [1.54, 1.807) is 4.90 Å². The smallest absolute Gasteiger partial charge is 0.332 e. The van der Waals surface area contributed by atoms with E-state index in [4.69, 9.17) is 10.5 Å². The number of benzene rings is 1. The Kier molecular flexibility index (Phi) is 6.68. The third-order valence-corrected chi connectivity index (χ3v) is 7.33. The molecule has 2 aromatic heterocycles. The van der Waals surface area contributed by atoms with Crippen LogP contribution in [0.2, 0.25) is 0 Å². The minimum atomic E-state index is -1.36. The number of rotatable bonds is 6. The molecule has 188 valence electrons. The molecule has 1 fully saturated rings. The highest BCUT2D eigenvalue weighted by Gasteiger charge is 2.47. The van der Waals surface area contributed by atoms with Gasteiger partial charge in [-0.3, -0.25) is 28.3 Å². The third-order valence-electron chi connectivity index (χ3n) is 6.39. The number of nitrogens with two attached hydrogens (primary N) is 1. The Labute approximate surface area is 210 Å². The summed E-state index contributed by atoms with van der Waals surface area (Å²) in [5, 5.41) is 1.86. The molecule has 10 nitrogen and oxygen atoms in total. The second-order valence-electron chi connectivity index (χ2n) is 8.78. The second kappa shape index (κ2) is 9.57. The number of hydrogen-bond acceptors (Lipinski definition) is 8. The number of nitrogens with zero attached hydrogens (tertiary/aromatic N) is 3. The van der Waals surface area contributed by atoms with E-state index in [-0.39, 0.29) is 18.1 Å². The number of Topliss-reactive ketones (excluding diaryl/α,β-unsaturated/α-hetero) is 1. The van der Waals surface area contributed by atoms with Crippen molar-refractivity contribution in [3.8, 4) is 0 Å². The number of anilines is 2. The van der Waals surface area contributed by atoms with Gasteiger partial charge < -0.3 is 15.4 Å². The fourth-order valence-electron chi connectivity index (χ4n) is 4.35. The maximum atomic E-state index is 13.3. The molecule has 3 atom stereocenters. The molecule has 1 aliphatic heterocycles. The van der Waals surface area contributed by atoms with Crippen LogP contribution < -0.4 is 21.9 Å². The van der Waals surface area contributed by atoms with Crippen LogP contribution in [0.3, 0.4) is 0 Å². The number of nitrogen functional groups attached to an aromatic ring is 1. The summed E-state index contributed by atoms with van der Waals surface area (Å²) in [5.74, 6) is -2.99. The van der Waals surface area contributed by atoms with Gasteiger partial charge in [-0.15, -0.1) is 11.3 Å². The molecular formula is C25H26N4O6S. The van der Waals surface area contributed by atoms with Crippen LogP contribution in [0.25, 0.3) is 0 Å². The molecule has 4 rings (SSSR count). The number of carbonyl (C=O) groups is 3. The Hall–Kier alpha value is -3.99. The Morgan fingerprint density at radius 3 is 2.36 bits per heavy atom. The predicted octanol–water partition coefficient (Wildman–Crippen LogP) is 1.94. The van der Waals surface area contributed by atoms with Crippen molar-refractivity contribution in [1.82, 2.24) is 9.13 Å². The van der Waals surface area contributed by atoms with E-state index in [9.17, 15) is 24.0 Å². The summed E-state index contributed by atoms with van der Waals surface area (Å²) in [7, 11) is 2.56. The number of esters is 1. The standard InChI is InChI=1S/C25H26N4O6S/c1-13-7-9-15(10-8-13)29-18(30)12-16(20(29)17-6-5-11-36-17)24(33)35-14(2)21(31)19-22(26)27(3)25(34)28(4)23(19)32/h5-11,14,16,20H,12,26H2,1-4H3/t14-,16+,20+/m0/s1. The lowest BCUT2D eigenvalue weighted by molar-refractivity contribution is -0.151. The molecule has 1 saturated heterocycles. The molecule has 2 N–H and O–H groups in total. The Morgan fingerprint density at radius 2 is 1.75 bits per heavy atom. The average molecular weight is 511 g/mol. The summed E-state index contributed by atoms with van der Waals surface area (Å²) in [4.78, 5) is 66.5. The van der Waals surface area contributed by atoms with Crippen LogP contribution in [0.4, 0.5) is 11.5 Å². The Morgan fingerprint density at radius 1 is 1.08 bits per heavy atom. The molecular weight excluding hydrogens is 484 g/mol. The molecule has 0 bridgehead atoms. The first-order chi connectivity index (χ1) is 17.0. The summed E-state index contributed by atoms with van der Waals surface area (Å²) in [5.41, 5.74) is 5.58. The zero-order valence-electron chi connectivity index (χ0n) is 20.3. The van der Waals surface area contributed by atoms with Gasteiger partial charge in [0.1, 0.15) is 11.4 Å². The van der Waals surface area contributed by atoms with Crippen molar-refractivity contribution < 1.29 is 19.1 Å². The molecule has 1 aromatic carbocycles. The van der Waals surface area contributed by atoms with E-state index in [1.165, 1.54) is 32.4 Å². The van der Waals surface area contributed by atoms with Gasteiger partial charge >= 0.3 is 11.7 Å². The van der Waals surface area contributed by atoms with Crippen LogP contribution in [-0.4, -0.2) is 32.9 Å². The fourth-order valence-corrected chi connectivity index (χ4v) is 5.23. The van der Waals surface area contributed by atoms with Gasteiger partial charge in [0.15, 0.2) is 6.10 Å². The van der Waals surface area contributed by atoms with E-state index in [0.717, 1.165) is 19.6 Å². The van der Waals surface area contributed by atoms with Crippen LogP contribution >= 0.6 is 11.3 Å². The number of carbonyl (C=O) groups excluding carboxylic acids is 3. The summed E-state index contributed by atoms with van der Waals surface area (Å²) < 4.78 is 7.24. The zero-order valence-corrected chi connectivity index (χ0v) is 21.1. The topological polar surface area (TPSA) is 134 Å². The molecule has 11 heteroatoms. The Bertz CT molecular complexity index is 1460. The van der Waals surface area contributed by atoms with Crippen molar-refractivity contribution in [2.75, 3.05) is 10.6 Å². The van der Waals surface area contributed by atoms with Gasteiger partial charge in [0.2, 0.25) is 11.7 Å². The van der Waals surface area contributed by atoms with Gasteiger partial charge in [0, 0.05) is 31.1 Å². The monoisotopic (exact) mass is 510 g/mol. The highest BCUT2D eigenvalue weighted by molar-refractivity contribution is 7.10. The maximum absolute atomic E-state index is 13.3. The molecule has 0 aliphatic carbocycles. The summed E-state index contributed by atoms with van der Waals surface area (Å²) >= 11 is 1.41.